The van der Waals surface area contributed by atoms with Gasteiger partial charge in [0.2, 0.25) is 0 Å². The third-order valence-electron chi connectivity index (χ3n) is 3.08. The van der Waals surface area contributed by atoms with Crippen LogP contribution in [-0.4, -0.2) is 33.1 Å². The number of nitrogens with one attached hydrogen (secondary N) is 1. The molecule has 0 spiro atoms. The molecule has 0 bridgehead atoms. The third kappa shape index (κ3) is 3.01. The van der Waals surface area contributed by atoms with E-state index in [-0.39, 0.29) is 18.0 Å². The van der Waals surface area contributed by atoms with Crippen molar-refractivity contribution < 1.29 is 24.9 Å². The number of aromatic hydroxyl groups is 3. The summed E-state index contributed by atoms with van der Waals surface area (Å²) in [5.41, 5.74) is -0.750. The summed E-state index contributed by atoms with van der Waals surface area (Å²) in [6, 6.07) is 0.731. The van der Waals surface area contributed by atoms with Crippen molar-refractivity contribution in [3.8, 4) is 17.2 Å². The van der Waals surface area contributed by atoms with Crippen molar-refractivity contribution >= 4 is 11.7 Å². The van der Waals surface area contributed by atoms with Gasteiger partial charge in [-0.1, -0.05) is 13.8 Å². The third-order valence-corrected chi connectivity index (χ3v) is 3.08. The molecule has 1 unspecified atom stereocenters. The second-order valence-electron chi connectivity index (χ2n) is 4.57. The Hall–Kier alpha value is -2.24. The molecule has 0 radical (unpaired) electrons. The molecule has 0 aliphatic carbocycles. The van der Waals surface area contributed by atoms with E-state index in [2.05, 4.69) is 5.32 Å². The summed E-state index contributed by atoms with van der Waals surface area (Å²) >= 11 is 0. The highest BCUT2D eigenvalue weighted by molar-refractivity contribution is 6.08. The van der Waals surface area contributed by atoms with Crippen LogP contribution >= 0.6 is 0 Å². The van der Waals surface area contributed by atoms with Crippen molar-refractivity contribution in [1.29, 1.82) is 0 Å². The number of hydrogen-bond acceptors (Lipinski definition) is 5. The summed E-state index contributed by atoms with van der Waals surface area (Å²) in [4.78, 5) is 23.7. The molecule has 1 rings (SSSR count). The van der Waals surface area contributed by atoms with Crippen LogP contribution in [-0.2, 0) is 0 Å². The van der Waals surface area contributed by atoms with Gasteiger partial charge in [0.25, 0.3) is 5.91 Å². The summed E-state index contributed by atoms with van der Waals surface area (Å²) in [7, 11) is 0. The Bertz CT molecular complexity index is 539. The summed E-state index contributed by atoms with van der Waals surface area (Å²) in [6.45, 7) is 5.20. The molecular weight excluding hydrogens is 262 g/mol. The number of ketones is 1. The summed E-state index contributed by atoms with van der Waals surface area (Å²) in [5, 5.41) is 31.9. The van der Waals surface area contributed by atoms with Crippen LogP contribution in [0.5, 0.6) is 17.2 Å². The van der Waals surface area contributed by atoms with Gasteiger partial charge in [-0.15, -0.1) is 0 Å². The molecule has 0 fully saturated rings. The number of benzene rings is 1. The molecule has 0 saturated carbocycles. The first-order valence-electron chi connectivity index (χ1n) is 6.45. The van der Waals surface area contributed by atoms with Gasteiger partial charge in [0.05, 0.1) is 0 Å². The van der Waals surface area contributed by atoms with E-state index in [0.29, 0.717) is 6.42 Å². The highest BCUT2D eigenvalue weighted by Gasteiger charge is 2.26. The number of phenols is 3. The van der Waals surface area contributed by atoms with E-state index in [9.17, 15) is 24.9 Å². The van der Waals surface area contributed by atoms with E-state index in [0.717, 1.165) is 6.07 Å². The standard InChI is InChI=1S/C14H19NO5/c1-4-7(3)15-14(20)12-10(18)6-9(17)11(13(12)19)8(16)5-2/h6-7,17-19H,4-5H2,1-3H3,(H,15,20). The lowest BCUT2D eigenvalue weighted by Crippen LogP contribution is -2.32. The number of Topliss-reactive ketones (excluding diaryl/α,β-unsaturated/α-hetero) is 1. The summed E-state index contributed by atoms with van der Waals surface area (Å²) in [6.07, 6.45) is 0.727. The monoisotopic (exact) mass is 281 g/mol. The van der Waals surface area contributed by atoms with Crippen LogP contribution in [0.3, 0.4) is 0 Å². The molecule has 1 amide bonds. The summed E-state index contributed by atoms with van der Waals surface area (Å²) in [5.74, 6) is -3.03. The highest BCUT2D eigenvalue weighted by Crippen LogP contribution is 2.38. The predicted octanol–water partition coefficient (Wildman–Crippen LogP) is 1.92. The average molecular weight is 281 g/mol. The van der Waals surface area contributed by atoms with E-state index in [4.69, 9.17) is 0 Å². The second-order valence-corrected chi connectivity index (χ2v) is 4.57. The van der Waals surface area contributed by atoms with E-state index < -0.39 is 34.5 Å². The van der Waals surface area contributed by atoms with Crippen molar-refractivity contribution in [3.63, 3.8) is 0 Å². The van der Waals surface area contributed by atoms with Gasteiger partial charge in [0.1, 0.15) is 28.4 Å². The fourth-order valence-corrected chi connectivity index (χ4v) is 1.72. The Labute approximate surface area is 117 Å². The maximum atomic E-state index is 12.0. The van der Waals surface area contributed by atoms with Crippen LogP contribution in [0.25, 0.3) is 0 Å². The minimum absolute atomic E-state index is 0.0539. The van der Waals surface area contributed by atoms with Crippen LogP contribution < -0.4 is 5.32 Å². The van der Waals surface area contributed by atoms with Gasteiger partial charge < -0.3 is 20.6 Å². The molecule has 4 N–H and O–H groups in total. The fraction of sp³-hybridized carbons (Fsp3) is 0.429. The SMILES string of the molecule is CCC(=O)c1c(O)cc(O)c(C(=O)NC(C)CC)c1O. The number of amides is 1. The Morgan fingerprint density at radius 3 is 2.20 bits per heavy atom. The molecule has 0 aliphatic rings. The van der Waals surface area contributed by atoms with Crippen molar-refractivity contribution in [3.05, 3.63) is 17.2 Å². The first-order valence-corrected chi connectivity index (χ1v) is 6.45. The molecule has 1 aromatic rings. The molecule has 6 nitrogen and oxygen atoms in total. The first-order chi connectivity index (χ1) is 9.33. The molecule has 6 heteroatoms. The number of phenolic OH excluding ortho intramolecular Hbond substituents is 3. The normalized spacial score (nSPS) is 11.9. The molecule has 1 atom stereocenters. The maximum Gasteiger partial charge on any atom is 0.259 e. The predicted molar refractivity (Wildman–Crippen MR) is 73.3 cm³/mol. The van der Waals surface area contributed by atoms with Crippen LogP contribution in [0.1, 0.15) is 54.3 Å². The number of hydrogen-bond donors (Lipinski definition) is 4. The smallest absolute Gasteiger partial charge is 0.259 e. The van der Waals surface area contributed by atoms with E-state index in [1.165, 1.54) is 0 Å². The van der Waals surface area contributed by atoms with Gasteiger partial charge in [-0.05, 0) is 13.3 Å². The average Bonchev–Trinajstić information content (AvgIpc) is 2.37. The van der Waals surface area contributed by atoms with Crippen LogP contribution in [0, 0.1) is 0 Å². The molecule has 20 heavy (non-hydrogen) atoms. The number of carbonyl (C=O) groups is 2. The minimum Gasteiger partial charge on any atom is -0.507 e. The Kier molecular flexibility index (Phi) is 4.96. The van der Waals surface area contributed by atoms with Crippen molar-refractivity contribution in [1.82, 2.24) is 5.32 Å². The van der Waals surface area contributed by atoms with Crippen LogP contribution in [0.2, 0.25) is 0 Å². The molecule has 0 heterocycles. The van der Waals surface area contributed by atoms with Crippen LogP contribution in [0.15, 0.2) is 6.07 Å². The lowest BCUT2D eigenvalue weighted by Gasteiger charge is -2.15. The first kappa shape index (κ1) is 15.8. The van der Waals surface area contributed by atoms with Gasteiger partial charge >= 0.3 is 0 Å². The van der Waals surface area contributed by atoms with Crippen LogP contribution in [0.4, 0.5) is 0 Å². The van der Waals surface area contributed by atoms with Gasteiger partial charge in [0, 0.05) is 18.5 Å². The second kappa shape index (κ2) is 6.27. The maximum absolute atomic E-state index is 12.0. The van der Waals surface area contributed by atoms with E-state index in [1.807, 2.05) is 6.92 Å². The van der Waals surface area contributed by atoms with Crippen molar-refractivity contribution in [2.24, 2.45) is 0 Å². The summed E-state index contributed by atoms with van der Waals surface area (Å²) < 4.78 is 0. The Morgan fingerprint density at radius 2 is 1.70 bits per heavy atom. The fourth-order valence-electron chi connectivity index (χ4n) is 1.72. The minimum atomic E-state index is -0.699. The van der Waals surface area contributed by atoms with Crippen molar-refractivity contribution in [2.45, 2.75) is 39.7 Å². The van der Waals surface area contributed by atoms with Crippen molar-refractivity contribution in [2.75, 3.05) is 0 Å². The quantitative estimate of drug-likeness (QED) is 0.617. The van der Waals surface area contributed by atoms with Gasteiger partial charge in [0.15, 0.2) is 5.78 Å². The lowest BCUT2D eigenvalue weighted by atomic mass is 10.0. The number of rotatable bonds is 5. The zero-order chi connectivity index (χ0) is 15.4. The van der Waals surface area contributed by atoms with Gasteiger partial charge in [-0.3, -0.25) is 9.59 Å². The lowest BCUT2D eigenvalue weighted by molar-refractivity contribution is 0.0933. The van der Waals surface area contributed by atoms with Gasteiger partial charge in [-0.25, -0.2) is 0 Å². The largest absolute Gasteiger partial charge is 0.507 e. The Morgan fingerprint density at radius 1 is 1.15 bits per heavy atom. The molecule has 0 saturated heterocycles. The number of carbonyl (C=O) groups excluding carboxylic acids is 2. The topological polar surface area (TPSA) is 107 Å². The molecule has 110 valence electrons. The Balaban J connectivity index is 3.33. The highest BCUT2D eigenvalue weighted by atomic mass is 16.3. The molecule has 0 aliphatic heterocycles. The zero-order valence-corrected chi connectivity index (χ0v) is 11.7. The zero-order valence-electron chi connectivity index (χ0n) is 11.7. The van der Waals surface area contributed by atoms with E-state index >= 15 is 0 Å². The molecular formula is C14H19NO5. The molecule has 0 aromatic heterocycles. The molecule has 1 aromatic carbocycles. The van der Waals surface area contributed by atoms with E-state index in [1.54, 1.807) is 13.8 Å². The van der Waals surface area contributed by atoms with Gasteiger partial charge in [-0.2, -0.15) is 0 Å².